The molecule has 100 valence electrons. The van der Waals surface area contributed by atoms with Crippen molar-refractivity contribution in [3.05, 3.63) is 0 Å². The fourth-order valence-electron chi connectivity index (χ4n) is 3.84. The Balaban J connectivity index is 2.15. The van der Waals surface area contributed by atoms with Crippen LogP contribution in [0.15, 0.2) is 0 Å². The molecule has 0 spiro atoms. The van der Waals surface area contributed by atoms with Crippen molar-refractivity contribution in [3.63, 3.8) is 0 Å². The van der Waals surface area contributed by atoms with Gasteiger partial charge in [-0.1, -0.05) is 19.8 Å². The normalized spacial score (nSPS) is 44.8. The topological polar surface area (TPSA) is 38.5 Å². The van der Waals surface area contributed by atoms with Crippen LogP contribution >= 0.6 is 0 Å². The van der Waals surface area contributed by atoms with Gasteiger partial charge in [-0.25, -0.2) is 0 Å². The molecule has 0 aromatic heterocycles. The zero-order valence-corrected chi connectivity index (χ0v) is 11.6. The van der Waals surface area contributed by atoms with Crippen LogP contribution in [0, 0.1) is 5.92 Å². The summed E-state index contributed by atoms with van der Waals surface area (Å²) in [5, 5.41) is 0. The van der Waals surface area contributed by atoms with E-state index in [-0.39, 0.29) is 5.54 Å². The minimum Gasteiger partial charge on any atom is -0.373 e. The van der Waals surface area contributed by atoms with Gasteiger partial charge in [-0.05, 0) is 32.6 Å². The molecule has 0 radical (unpaired) electrons. The molecule has 3 heteroatoms. The third kappa shape index (κ3) is 2.51. The predicted molar refractivity (Wildman–Crippen MR) is 71.0 cm³/mol. The number of ether oxygens (including phenoxy) is 1. The predicted octanol–water partition coefficient (Wildman–Crippen LogP) is 2.00. The Morgan fingerprint density at radius 2 is 1.82 bits per heavy atom. The molecule has 2 N–H and O–H groups in total. The largest absolute Gasteiger partial charge is 0.373 e. The second-order valence-electron chi connectivity index (χ2n) is 6.12. The molecule has 1 saturated carbocycles. The lowest BCUT2D eigenvalue weighted by molar-refractivity contribution is -0.119. The van der Waals surface area contributed by atoms with Crippen LogP contribution in [0.1, 0.15) is 46.5 Å². The maximum Gasteiger partial charge on any atom is 0.0678 e. The van der Waals surface area contributed by atoms with Crippen molar-refractivity contribution in [1.29, 1.82) is 0 Å². The first-order valence-corrected chi connectivity index (χ1v) is 7.19. The Morgan fingerprint density at radius 3 is 2.35 bits per heavy atom. The van der Waals surface area contributed by atoms with Crippen molar-refractivity contribution >= 4 is 0 Å². The number of nitrogens with two attached hydrogens (primary N) is 1. The summed E-state index contributed by atoms with van der Waals surface area (Å²) < 4.78 is 5.85. The maximum absolute atomic E-state index is 6.17. The second kappa shape index (κ2) is 5.25. The number of rotatable bonds is 2. The van der Waals surface area contributed by atoms with Gasteiger partial charge in [0, 0.05) is 25.2 Å². The molecule has 0 bridgehead atoms. The molecule has 4 atom stereocenters. The number of hydrogen-bond acceptors (Lipinski definition) is 3. The van der Waals surface area contributed by atoms with E-state index in [4.69, 9.17) is 10.5 Å². The first kappa shape index (κ1) is 13.3. The van der Waals surface area contributed by atoms with Gasteiger partial charge in [-0.3, -0.25) is 4.90 Å². The van der Waals surface area contributed by atoms with E-state index in [0.717, 1.165) is 25.6 Å². The Kier molecular flexibility index (Phi) is 4.11. The highest BCUT2D eigenvalue weighted by Crippen LogP contribution is 2.39. The van der Waals surface area contributed by atoms with Gasteiger partial charge in [0.2, 0.25) is 0 Å². The van der Waals surface area contributed by atoms with Gasteiger partial charge in [0.1, 0.15) is 0 Å². The summed E-state index contributed by atoms with van der Waals surface area (Å²) in [5.41, 5.74) is 6.41. The van der Waals surface area contributed by atoms with Crippen LogP contribution in [0.4, 0.5) is 0 Å². The molecule has 1 aliphatic heterocycles. The molecule has 0 amide bonds. The van der Waals surface area contributed by atoms with Crippen molar-refractivity contribution in [1.82, 2.24) is 4.90 Å². The van der Waals surface area contributed by atoms with Crippen LogP contribution in [0.25, 0.3) is 0 Å². The molecule has 3 nitrogen and oxygen atoms in total. The molecule has 0 aromatic rings. The van der Waals surface area contributed by atoms with Gasteiger partial charge < -0.3 is 10.5 Å². The highest BCUT2D eigenvalue weighted by atomic mass is 16.5. The van der Waals surface area contributed by atoms with Crippen LogP contribution < -0.4 is 5.73 Å². The SMILES string of the molecule is CC1CN(C2(CN)CCCCC2C)CC(C)O1. The molecule has 1 aliphatic carbocycles. The average molecular weight is 240 g/mol. The van der Waals surface area contributed by atoms with Crippen LogP contribution in [-0.2, 0) is 4.74 Å². The molecule has 2 fully saturated rings. The van der Waals surface area contributed by atoms with E-state index in [9.17, 15) is 0 Å². The van der Waals surface area contributed by atoms with Gasteiger partial charge in [-0.15, -0.1) is 0 Å². The van der Waals surface area contributed by atoms with Gasteiger partial charge >= 0.3 is 0 Å². The van der Waals surface area contributed by atoms with Gasteiger partial charge in [0.15, 0.2) is 0 Å². The summed E-state index contributed by atoms with van der Waals surface area (Å²) in [4.78, 5) is 2.63. The van der Waals surface area contributed by atoms with E-state index in [0.29, 0.717) is 12.2 Å². The van der Waals surface area contributed by atoms with Gasteiger partial charge in [-0.2, -0.15) is 0 Å². The highest BCUT2D eigenvalue weighted by molar-refractivity contribution is 5.00. The Hall–Kier alpha value is -0.120. The second-order valence-corrected chi connectivity index (χ2v) is 6.12. The summed E-state index contributed by atoms with van der Waals surface area (Å²) in [6.07, 6.45) is 5.99. The van der Waals surface area contributed by atoms with Crippen molar-refractivity contribution in [2.75, 3.05) is 19.6 Å². The summed E-state index contributed by atoms with van der Waals surface area (Å²) >= 11 is 0. The lowest BCUT2D eigenvalue weighted by Crippen LogP contribution is -2.64. The number of morpholine rings is 1. The van der Waals surface area contributed by atoms with Crippen LogP contribution in [0.5, 0.6) is 0 Å². The van der Waals surface area contributed by atoms with E-state index >= 15 is 0 Å². The van der Waals surface area contributed by atoms with Gasteiger partial charge in [0.05, 0.1) is 12.2 Å². The molecule has 0 aromatic carbocycles. The summed E-state index contributed by atoms with van der Waals surface area (Å²) in [6.45, 7) is 9.64. The smallest absolute Gasteiger partial charge is 0.0678 e. The Morgan fingerprint density at radius 1 is 1.18 bits per heavy atom. The molecular weight excluding hydrogens is 212 g/mol. The lowest BCUT2D eigenvalue weighted by atomic mass is 9.72. The molecule has 4 unspecified atom stereocenters. The fraction of sp³-hybridized carbons (Fsp3) is 1.00. The van der Waals surface area contributed by atoms with E-state index in [2.05, 4.69) is 25.7 Å². The summed E-state index contributed by atoms with van der Waals surface area (Å²) in [5.74, 6) is 0.721. The zero-order valence-electron chi connectivity index (χ0n) is 11.6. The minimum absolute atomic E-state index is 0.241. The van der Waals surface area contributed by atoms with Crippen molar-refractivity contribution in [2.45, 2.75) is 64.2 Å². The summed E-state index contributed by atoms with van der Waals surface area (Å²) in [6, 6.07) is 0. The lowest BCUT2D eigenvalue weighted by Gasteiger charge is -2.53. The number of hydrogen-bond donors (Lipinski definition) is 1. The third-order valence-corrected chi connectivity index (χ3v) is 4.82. The molecule has 1 heterocycles. The van der Waals surface area contributed by atoms with Crippen molar-refractivity contribution in [2.24, 2.45) is 11.7 Å². The van der Waals surface area contributed by atoms with Crippen LogP contribution in [0.3, 0.4) is 0 Å². The minimum atomic E-state index is 0.241. The fourth-order valence-corrected chi connectivity index (χ4v) is 3.84. The monoisotopic (exact) mass is 240 g/mol. The standard InChI is InChI=1S/C14H28N2O/c1-11-6-4-5-7-14(11,10-15)16-8-12(2)17-13(3)9-16/h11-13H,4-10,15H2,1-3H3. The Labute approximate surface area is 106 Å². The van der Waals surface area contributed by atoms with E-state index < -0.39 is 0 Å². The molecular formula is C14H28N2O. The molecule has 2 rings (SSSR count). The van der Waals surface area contributed by atoms with Crippen LogP contribution in [0.2, 0.25) is 0 Å². The first-order chi connectivity index (χ1) is 8.08. The van der Waals surface area contributed by atoms with Gasteiger partial charge in [0.25, 0.3) is 0 Å². The van der Waals surface area contributed by atoms with Crippen molar-refractivity contribution in [3.8, 4) is 0 Å². The first-order valence-electron chi connectivity index (χ1n) is 7.19. The highest BCUT2D eigenvalue weighted by Gasteiger charge is 2.44. The molecule has 1 saturated heterocycles. The Bertz CT molecular complexity index is 249. The molecule has 17 heavy (non-hydrogen) atoms. The van der Waals surface area contributed by atoms with Crippen molar-refractivity contribution < 1.29 is 4.74 Å². The molecule has 2 aliphatic rings. The number of nitrogens with zero attached hydrogens (tertiary/aromatic N) is 1. The summed E-state index contributed by atoms with van der Waals surface area (Å²) in [7, 11) is 0. The van der Waals surface area contributed by atoms with E-state index in [1.807, 2.05) is 0 Å². The third-order valence-electron chi connectivity index (χ3n) is 4.82. The maximum atomic E-state index is 6.17. The average Bonchev–Trinajstić information content (AvgIpc) is 2.28. The zero-order chi connectivity index (χ0) is 12.5. The van der Waals surface area contributed by atoms with E-state index in [1.165, 1.54) is 25.7 Å². The van der Waals surface area contributed by atoms with Crippen LogP contribution in [-0.4, -0.2) is 42.3 Å². The quantitative estimate of drug-likeness (QED) is 0.802. The van der Waals surface area contributed by atoms with E-state index in [1.54, 1.807) is 0 Å².